The SMILES string of the molecule is CCc1ccc(C(C)C)cc1-c1ccc(OC(=O)c2ccc(N(c3ccc(C)cc3)c3ccc4cc(C)ccc4c3)cc2)cc1. The van der Waals surface area contributed by atoms with Crippen LogP contribution in [0.15, 0.2) is 127 Å². The van der Waals surface area contributed by atoms with Crippen molar-refractivity contribution in [2.24, 2.45) is 0 Å². The average molecular weight is 590 g/mol. The number of ether oxygens (including phenoxy) is 1. The highest BCUT2D eigenvalue weighted by atomic mass is 16.5. The van der Waals surface area contributed by atoms with Crippen LogP contribution in [0.25, 0.3) is 21.9 Å². The topological polar surface area (TPSA) is 29.5 Å². The lowest BCUT2D eigenvalue weighted by atomic mass is 9.92. The molecule has 6 aromatic carbocycles. The molecule has 0 bridgehead atoms. The van der Waals surface area contributed by atoms with Gasteiger partial charge in [0.25, 0.3) is 0 Å². The first kappa shape index (κ1) is 29.9. The van der Waals surface area contributed by atoms with E-state index >= 15 is 0 Å². The number of benzene rings is 6. The molecule has 0 spiro atoms. The monoisotopic (exact) mass is 589 g/mol. The molecular weight excluding hydrogens is 550 g/mol. The van der Waals surface area contributed by atoms with E-state index in [9.17, 15) is 4.79 Å². The summed E-state index contributed by atoms with van der Waals surface area (Å²) in [4.78, 5) is 15.4. The predicted molar refractivity (Wildman–Crippen MR) is 188 cm³/mol. The van der Waals surface area contributed by atoms with Gasteiger partial charge in [-0.05, 0) is 120 Å². The van der Waals surface area contributed by atoms with Crippen LogP contribution in [0.2, 0.25) is 0 Å². The van der Waals surface area contributed by atoms with E-state index < -0.39 is 0 Å². The summed E-state index contributed by atoms with van der Waals surface area (Å²) in [6, 6.07) is 43.7. The van der Waals surface area contributed by atoms with Gasteiger partial charge in [0, 0.05) is 17.1 Å². The summed E-state index contributed by atoms with van der Waals surface area (Å²) in [6.07, 6.45) is 0.961. The summed E-state index contributed by atoms with van der Waals surface area (Å²) in [5.74, 6) is 0.606. The third-order valence-electron chi connectivity index (χ3n) is 8.45. The Bertz CT molecular complexity index is 1950. The molecule has 0 atom stereocenters. The highest BCUT2D eigenvalue weighted by Crippen LogP contribution is 2.37. The Morgan fingerprint density at radius 2 is 1.24 bits per heavy atom. The lowest BCUT2D eigenvalue weighted by molar-refractivity contribution is 0.0735. The lowest BCUT2D eigenvalue weighted by Crippen LogP contribution is -2.12. The molecule has 0 heterocycles. The van der Waals surface area contributed by atoms with Gasteiger partial charge in [-0.25, -0.2) is 4.79 Å². The number of nitrogens with zero attached hydrogens (tertiary/aromatic N) is 1. The van der Waals surface area contributed by atoms with E-state index in [0.29, 0.717) is 17.2 Å². The number of hydrogen-bond acceptors (Lipinski definition) is 3. The maximum absolute atomic E-state index is 13.2. The van der Waals surface area contributed by atoms with E-state index in [0.717, 1.165) is 29.0 Å². The summed E-state index contributed by atoms with van der Waals surface area (Å²) in [7, 11) is 0. The van der Waals surface area contributed by atoms with E-state index in [-0.39, 0.29) is 5.97 Å². The zero-order valence-electron chi connectivity index (χ0n) is 26.7. The van der Waals surface area contributed by atoms with Crippen LogP contribution in [0.3, 0.4) is 0 Å². The zero-order chi connectivity index (χ0) is 31.5. The van der Waals surface area contributed by atoms with Crippen LogP contribution >= 0.6 is 0 Å². The van der Waals surface area contributed by atoms with Gasteiger partial charge in [-0.3, -0.25) is 0 Å². The van der Waals surface area contributed by atoms with Crippen LogP contribution in [0, 0.1) is 13.8 Å². The van der Waals surface area contributed by atoms with Crippen molar-refractivity contribution in [2.75, 3.05) is 4.90 Å². The molecule has 6 rings (SSSR count). The molecular formula is C42H39NO2. The summed E-state index contributed by atoms with van der Waals surface area (Å²) in [5, 5.41) is 2.39. The number of aryl methyl sites for hydroxylation is 3. The minimum atomic E-state index is -0.381. The molecule has 0 fully saturated rings. The van der Waals surface area contributed by atoms with Crippen molar-refractivity contribution in [2.45, 2.75) is 47.0 Å². The van der Waals surface area contributed by atoms with Gasteiger partial charge in [-0.1, -0.05) is 98.6 Å². The molecule has 0 aliphatic carbocycles. The van der Waals surface area contributed by atoms with E-state index in [1.54, 1.807) is 0 Å². The van der Waals surface area contributed by atoms with Crippen molar-refractivity contribution in [3.63, 3.8) is 0 Å². The molecule has 0 aliphatic heterocycles. The Morgan fingerprint density at radius 1 is 0.644 bits per heavy atom. The second kappa shape index (κ2) is 12.8. The first-order valence-electron chi connectivity index (χ1n) is 15.7. The van der Waals surface area contributed by atoms with Crippen molar-refractivity contribution in [1.29, 1.82) is 0 Å². The van der Waals surface area contributed by atoms with Crippen molar-refractivity contribution in [3.05, 3.63) is 155 Å². The van der Waals surface area contributed by atoms with Gasteiger partial charge in [-0.15, -0.1) is 0 Å². The number of rotatable bonds is 8. The Hall–Kier alpha value is -5.15. The number of carbonyl (C=O) groups is 1. The molecule has 3 nitrogen and oxygen atoms in total. The third kappa shape index (κ3) is 6.53. The second-order valence-corrected chi connectivity index (χ2v) is 12.1. The van der Waals surface area contributed by atoms with Crippen LogP contribution in [0.1, 0.15) is 59.3 Å². The normalized spacial score (nSPS) is 11.2. The molecule has 0 aliphatic rings. The molecule has 3 heteroatoms. The summed E-state index contributed by atoms with van der Waals surface area (Å²) >= 11 is 0. The molecule has 224 valence electrons. The van der Waals surface area contributed by atoms with Gasteiger partial charge in [-0.2, -0.15) is 0 Å². The minimum absolute atomic E-state index is 0.381. The summed E-state index contributed by atoms with van der Waals surface area (Å²) in [5.41, 5.74) is 11.0. The van der Waals surface area contributed by atoms with Crippen molar-refractivity contribution in [3.8, 4) is 16.9 Å². The van der Waals surface area contributed by atoms with Crippen molar-refractivity contribution in [1.82, 2.24) is 0 Å². The van der Waals surface area contributed by atoms with Gasteiger partial charge in [0.05, 0.1) is 5.56 Å². The molecule has 0 radical (unpaired) electrons. The van der Waals surface area contributed by atoms with Gasteiger partial charge < -0.3 is 9.64 Å². The Morgan fingerprint density at radius 3 is 1.91 bits per heavy atom. The van der Waals surface area contributed by atoms with Gasteiger partial charge >= 0.3 is 5.97 Å². The van der Waals surface area contributed by atoms with Crippen LogP contribution in [-0.2, 0) is 6.42 Å². The fourth-order valence-electron chi connectivity index (χ4n) is 5.78. The Labute approximate surface area is 266 Å². The lowest BCUT2D eigenvalue weighted by Gasteiger charge is -2.26. The van der Waals surface area contributed by atoms with E-state index in [4.69, 9.17) is 4.74 Å². The Balaban J connectivity index is 1.24. The second-order valence-electron chi connectivity index (χ2n) is 12.1. The largest absolute Gasteiger partial charge is 0.423 e. The zero-order valence-corrected chi connectivity index (χ0v) is 26.7. The molecule has 0 aromatic heterocycles. The Kier molecular flexibility index (Phi) is 8.53. The molecule has 45 heavy (non-hydrogen) atoms. The van der Waals surface area contributed by atoms with E-state index in [1.807, 2.05) is 48.5 Å². The fourth-order valence-corrected chi connectivity index (χ4v) is 5.78. The van der Waals surface area contributed by atoms with Gasteiger partial charge in [0.2, 0.25) is 0 Å². The number of anilines is 3. The first-order valence-corrected chi connectivity index (χ1v) is 15.7. The molecule has 0 amide bonds. The van der Waals surface area contributed by atoms with E-state index in [1.165, 1.54) is 38.6 Å². The van der Waals surface area contributed by atoms with Crippen molar-refractivity contribution < 1.29 is 9.53 Å². The predicted octanol–water partition coefficient (Wildman–Crippen LogP) is 11.5. The molecule has 6 aromatic rings. The standard InChI is InChI=1S/C42H39NO2/c1-6-31-11-12-34(28(2)3)27-41(31)32-16-23-40(24-17-32)45-42(44)33-13-20-38(21-14-33)43(37-18-8-29(4)9-19-37)39-22-15-35-25-30(5)7-10-36(35)26-39/h7-28H,6H2,1-5H3. The number of fused-ring (bicyclic) bond motifs is 1. The number of hydrogen-bond donors (Lipinski definition) is 0. The van der Waals surface area contributed by atoms with Gasteiger partial charge in [0.15, 0.2) is 0 Å². The smallest absolute Gasteiger partial charge is 0.343 e. The quantitative estimate of drug-likeness (QED) is 0.131. The first-order chi connectivity index (χ1) is 21.8. The maximum Gasteiger partial charge on any atom is 0.343 e. The molecule has 0 saturated carbocycles. The van der Waals surface area contributed by atoms with E-state index in [2.05, 4.69) is 118 Å². The number of esters is 1. The van der Waals surface area contributed by atoms with Gasteiger partial charge in [0.1, 0.15) is 5.75 Å². The summed E-state index contributed by atoms with van der Waals surface area (Å²) < 4.78 is 5.80. The molecule has 0 unspecified atom stereocenters. The van der Waals surface area contributed by atoms with Crippen LogP contribution in [0.4, 0.5) is 17.1 Å². The summed E-state index contributed by atoms with van der Waals surface area (Å²) in [6.45, 7) is 10.8. The molecule has 0 saturated heterocycles. The third-order valence-corrected chi connectivity index (χ3v) is 8.45. The minimum Gasteiger partial charge on any atom is -0.423 e. The molecule has 0 N–H and O–H groups in total. The number of carbonyl (C=O) groups excluding carboxylic acids is 1. The van der Waals surface area contributed by atoms with Crippen LogP contribution in [0.5, 0.6) is 5.75 Å². The average Bonchev–Trinajstić information content (AvgIpc) is 3.06. The fraction of sp³-hybridized carbons (Fsp3) is 0.167. The van der Waals surface area contributed by atoms with Crippen molar-refractivity contribution >= 4 is 33.8 Å². The van der Waals surface area contributed by atoms with Crippen LogP contribution < -0.4 is 9.64 Å². The van der Waals surface area contributed by atoms with Crippen LogP contribution in [-0.4, -0.2) is 5.97 Å². The highest BCUT2D eigenvalue weighted by molar-refractivity contribution is 5.93. The maximum atomic E-state index is 13.2. The highest BCUT2D eigenvalue weighted by Gasteiger charge is 2.16.